The van der Waals surface area contributed by atoms with Crippen LogP contribution in [0.4, 0.5) is 0 Å². The van der Waals surface area contributed by atoms with Gasteiger partial charge in [0.25, 0.3) is 0 Å². The Bertz CT molecular complexity index is 440. The lowest BCUT2D eigenvalue weighted by molar-refractivity contribution is -0.169. The number of benzene rings is 1. The van der Waals surface area contributed by atoms with Crippen LogP contribution in [0.1, 0.15) is 25.8 Å². The van der Waals surface area contributed by atoms with Gasteiger partial charge in [0.2, 0.25) is 0 Å². The van der Waals surface area contributed by atoms with Gasteiger partial charge in [-0.25, -0.2) is 4.79 Å². The molecular formula is C16H23NO3. The minimum absolute atomic E-state index is 0.209. The van der Waals surface area contributed by atoms with Gasteiger partial charge in [-0.3, -0.25) is 4.90 Å². The molecule has 1 saturated heterocycles. The molecule has 0 amide bonds. The zero-order valence-corrected chi connectivity index (χ0v) is 12.2. The Morgan fingerprint density at radius 1 is 1.40 bits per heavy atom. The van der Waals surface area contributed by atoms with Gasteiger partial charge >= 0.3 is 5.97 Å². The van der Waals surface area contributed by atoms with Crippen LogP contribution < -0.4 is 0 Å². The highest BCUT2D eigenvalue weighted by Gasteiger charge is 2.42. The number of aliphatic carboxylic acids is 1. The number of hydrogen-bond donors (Lipinski definition) is 1. The van der Waals surface area contributed by atoms with Crippen molar-refractivity contribution in [1.82, 2.24) is 4.90 Å². The Kier molecular flexibility index (Phi) is 4.78. The summed E-state index contributed by atoms with van der Waals surface area (Å²) in [6, 6.07) is 11.0. The molecule has 1 heterocycles. The molecule has 1 aliphatic heterocycles. The van der Waals surface area contributed by atoms with Crippen LogP contribution in [-0.2, 0) is 16.0 Å². The first-order chi connectivity index (χ1) is 9.52. The molecule has 0 saturated carbocycles. The van der Waals surface area contributed by atoms with E-state index in [1.165, 1.54) is 5.56 Å². The molecule has 0 radical (unpaired) electrons. The topological polar surface area (TPSA) is 49.8 Å². The second-order valence-corrected chi connectivity index (χ2v) is 5.79. The number of hydrogen-bond acceptors (Lipinski definition) is 3. The van der Waals surface area contributed by atoms with Crippen LogP contribution in [0.3, 0.4) is 0 Å². The number of rotatable bonds is 7. The molecule has 20 heavy (non-hydrogen) atoms. The van der Waals surface area contributed by atoms with Crippen LogP contribution >= 0.6 is 0 Å². The van der Waals surface area contributed by atoms with E-state index in [9.17, 15) is 4.79 Å². The Morgan fingerprint density at radius 2 is 2.05 bits per heavy atom. The molecule has 0 bridgehead atoms. The standard InChI is InChI=1S/C16H23NO3/c1-3-14(9-13-7-5-4-6-8-13)17-11-16(2,12-17)20-10-15(18)19/h4-8,14H,3,9-12H2,1-2H3,(H,18,19). The third-order valence-corrected chi connectivity index (χ3v) is 3.92. The Morgan fingerprint density at radius 3 is 2.60 bits per heavy atom. The first-order valence-corrected chi connectivity index (χ1v) is 7.16. The smallest absolute Gasteiger partial charge is 0.329 e. The quantitative estimate of drug-likeness (QED) is 0.830. The van der Waals surface area contributed by atoms with Crippen LogP contribution in [0, 0.1) is 0 Å². The summed E-state index contributed by atoms with van der Waals surface area (Å²) in [5, 5.41) is 8.67. The number of carbonyl (C=O) groups is 1. The summed E-state index contributed by atoms with van der Waals surface area (Å²) in [7, 11) is 0. The largest absolute Gasteiger partial charge is 0.480 e. The molecule has 110 valence electrons. The van der Waals surface area contributed by atoms with Gasteiger partial charge in [-0.2, -0.15) is 0 Å². The van der Waals surface area contributed by atoms with Crippen molar-refractivity contribution in [2.45, 2.75) is 38.3 Å². The lowest BCUT2D eigenvalue weighted by Crippen LogP contribution is -2.64. The molecule has 4 nitrogen and oxygen atoms in total. The summed E-state index contributed by atoms with van der Waals surface area (Å²) in [4.78, 5) is 12.9. The number of ether oxygens (including phenoxy) is 1. The summed E-state index contributed by atoms with van der Waals surface area (Å²) >= 11 is 0. The highest BCUT2D eigenvalue weighted by atomic mass is 16.5. The maximum absolute atomic E-state index is 10.6. The molecule has 1 aromatic rings. The van der Waals surface area contributed by atoms with E-state index in [4.69, 9.17) is 9.84 Å². The van der Waals surface area contributed by atoms with Crippen molar-refractivity contribution in [3.8, 4) is 0 Å². The van der Waals surface area contributed by atoms with Crippen molar-refractivity contribution in [2.75, 3.05) is 19.7 Å². The molecule has 0 aromatic heterocycles. The van der Waals surface area contributed by atoms with Gasteiger partial charge in [-0.15, -0.1) is 0 Å². The van der Waals surface area contributed by atoms with Crippen molar-refractivity contribution in [3.05, 3.63) is 35.9 Å². The molecule has 1 aliphatic rings. The number of carboxylic acid groups (broad SMARTS) is 1. The summed E-state index contributed by atoms with van der Waals surface area (Å²) in [6.45, 7) is 5.60. The van der Waals surface area contributed by atoms with Gasteiger partial charge in [0, 0.05) is 19.1 Å². The molecule has 0 aliphatic carbocycles. The second-order valence-electron chi connectivity index (χ2n) is 5.79. The van der Waals surface area contributed by atoms with E-state index < -0.39 is 5.97 Å². The fraction of sp³-hybridized carbons (Fsp3) is 0.562. The van der Waals surface area contributed by atoms with E-state index in [0.717, 1.165) is 25.9 Å². The first kappa shape index (κ1) is 15.0. The fourth-order valence-electron chi connectivity index (χ4n) is 2.82. The lowest BCUT2D eigenvalue weighted by Gasteiger charge is -2.51. The highest BCUT2D eigenvalue weighted by Crippen LogP contribution is 2.28. The second kappa shape index (κ2) is 6.37. The minimum atomic E-state index is -0.902. The Hall–Kier alpha value is -1.39. The number of nitrogens with zero attached hydrogens (tertiary/aromatic N) is 1. The molecule has 1 N–H and O–H groups in total. The van der Waals surface area contributed by atoms with Crippen molar-refractivity contribution in [2.24, 2.45) is 0 Å². The van der Waals surface area contributed by atoms with Crippen molar-refractivity contribution in [3.63, 3.8) is 0 Å². The lowest BCUT2D eigenvalue weighted by atomic mass is 9.91. The fourth-order valence-corrected chi connectivity index (χ4v) is 2.82. The molecule has 1 atom stereocenters. The normalized spacial score (nSPS) is 19.3. The zero-order valence-electron chi connectivity index (χ0n) is 12.2. The van der Waals surface area contributed by atoms with Gasteiger partial charge in [0.05, 0.1) is 5.60 Å². The zero-order chi connectivity index (χ0) is 14.6. The first-order valence-electron chi connectivity index (χ1n) is 7.16. The van der Waals surface area contributed by atoms with E-state index in [-0.39, 0.29) is 12.2 Å². The summed E-state index contributed by atoms with van der Waals surface area (Å²) in [6.07, 6.45) is 2.12. The summed E-state index contributed by atoms with van der Waals surface area (Å²) < 4.78 is 5.46. The predicted octanol–water partition coefficient (Wildman–Crippen LogP) is 2.18. The van der Waals surface area contributed by atoms with E-state index in [0.29, 0.717) is 6.04 Å². The SMILES string of the molecule is CCC(Cc1ccccc1)N1CC(C)(OCC(=O)O)C1. The maximum Gasteiger partial charge on any atom is 0.329 e. The molecule has 1 aromatic carbocycles. The molecule has 4 heteroatoms. The average Bonchev–Trinajstić information content (AvgIpc) is 2.41. The third kappa shape index (κ3) is 3.81. The van der Waals surface area contributed by atoms with Crippen LogP contribution in [0.5, 0.6) is 0 Å². The average molecular weight is 277 g/mol. The van der Waals surface area contributed by atoms with Crippen LogP contribution in [-0.4, -0.2) is 47.3 Å². The third-order valence-electron chi connectivity index (χ3n) is 3.92. The minimum Gasteiger partial charge on any atom is -0.480 e. The van der Waals surface area contributed by atoms with Gasteiger partial charge < -0.3 is 9.84 Å². The monoisotopic (exact) mass is 277 g/mol. The van der Waals surface area contributed by atoms with Crippen molar-refractivity contribution < 1.29 is 14.6 Å². The number of carboxylic acids is 1. The molecule has 1 fully saturated rings. The molecular weight excluding hydrogens is 254 g/mol. The van der Waals surface area contributed by atoms with Crippen molar-refractivity contribution >= 4 is 5.97 Å². The van der Waals surface area contributed by atoms with Gasteiger partial charge in [-0.05, 0) is 25.3 Å². The van der Waals surface area contributed by atoms with Gasteiger partial charge in [-0.1, -0.05) is 37.3 Å². The Balaban J connectivity index is 1.84. The van der Waals surface area contributed by atoms with E-state index in [2.05, 4.69) is 36.1 Å². The van der Waals surface area contributed by atoms with Crippen molar-refractivity contribution in [1.29, 1.82) is 0 Å². The van der Waals surface area contributed by atoms with Gasteiger partial charge in [0.1, 0.15) is 6.61 Å². The molecule has 2 rings (SSSR count). The predicted molar refractivity (Wildman–Crippen MR) is 77.8 cm³/mol. The molecule has 1 unspecified atom stereocenters. The highest BCUT2D eigenvalue weighted by molar-refractivity contribution is 5.68. The van der Waals surface area contributed by atoms with Crippen LogP contribution in [0.25, 0.3) is 0 Å². The maximum atomic E-state index is 10.6. The van der Waals surface area contributed by atoms with E-state index >= 15 is 0 Å². The Labute approximate surface area is 120 Å². The van der Waals surface area contributed by atoms with Crippen LogP contribution in [0.15, 0.2) is 30.3 Å². The summed E-state index contributed by atoms with van der Waals surface area (Å²) in [5.74, 6) is -0.902. The number of likely N-dealkylation sites (tertiary alicyclic amines) is 1. The van der Waals surface area contributed by atoms with Gasteiger partial charge in [0.15, 0.2) is 0 Å². The van der Waals surface area contributed by atoms with E-state index in [1.54, 1.807) is 0 Å². The van der Waals surface area contributed by atoms with Crippen LogP contribution in [0.2, 0.25) is 0 Å². The molecule has 0 spiro atoms. The summed E-state index contributed by atoms with van der Waals surface area (Å²) in [5.41, 5.74) is 1.04. The van der Waals surface area contributed by atoms with E-state index in [1.807, 2.05) is 13.0 Å².